The summed E-state index contributed by atoms with van der Waals surface area (Å²) in [6.07, 6.45) is 3.60. The van der Waals surface area contributed by atoms with Crippen molar-refractivity contribution >= 4 is 12.0 Å². The molecule has 1 rings (SSSR count). The normalized spacial score (nSPS) is 12.3. The van der Waals surface area contributed by atoms with E-state index in [1.54, 1.807) is 6.08 Å². The van der Waals surface area contributed by atoms with E-state index in [1.165, 1.54) is 12.2 Å². The van der Waals surface area contributed by atoms with Crippen LogP contribution in [0.1, 0.15) is 5.56 Å². The van der Waals surface area contributed by atoms with E-state index in [0.29, 0.717) is 0 Å². The van der Waals surface area contributed by atoms with Crippen molar-refractivity contribution in [2.75, 3.05) is 0 Å². The highest BCUT2D eigenvalue weighted by molar-refractivity contribution is 5.87. The highest BCUT2D eigenvalue weighted by Gasteiger charge is 2.01. The maximum atomic E-state index is 11.1. The Labute approximate surface area is 88.9 Å². The zero-order chi connectivity index (χ0) is 11.1. The minimum atomic E-state index is -0.752. The molecular weight excluding hydrogens is 190 g/mol. The van der Waals surface area contributed by atoms with Gasteiger partial charge in [0.1, 0.15) is 0 Å². The Bertz CT molecular complexity index is 357. The topological polar surface area (TPSA) is 52.3 Å². The molecule has 0 aliphatic heterocycles. The summed E-state index contributed by atoms with van der Waals surface area (Å²) in [5.41, 5.74) is 6.28. The summed E-state index contributed by atoms with van der Waals surface area (Å²) in [4.78, 5) is 11.1. The van der Waals surface area contributed by atoms with E-state index in [-0.39, 0.29) is 0 Å². The van der Waals surface area contributed by atoms with E-state index in [9.17, 15) is 4.79 Å². The molecule has 15 heavy (non-hydrogen) atoms. The van der Waals surface area contributed by atoms with Crippen molar-refractivity contribution in [2.24, 2.45) is 5.73 Å². The molecule has 1 atom stereocenters. The average molecular weight is 203 g/mol. The summed E-state index contributed by atoms with van der Waals surface area (Å²) in [6, 6.07) is 9.46. The van der Waals surface area contributed by atoms with Crippen molar-refractivity contribution in [2.45, 2.75) is 6.23 Å². The van der Waals surface area contributed by atoms with Crippen molar-refractivity contribution in [3.8, 4) is 0 Å². The number of ether oxygens (including phenoxy) is 1. The van der Waals surface area contributed by atoms with Crippen LogP contribution in [0.2, 0.25) is 0 Å². The molecule has 0 aliphatic carbocycles. The van der Waals surface area contributed by atoms with Crippen molar-refractivity contribution in [1.82, 2.24) is 0 Å². The maximum Gasteiger partial charge on any atom is 0.332 e. The van der Waals surface area contributed by atoms with Gasteiger partial charge in [0.05, 0.1) is 0 Å². The fraction of sp³-hybridized carbons (Fsp3) is 0.0833. The van der Waals surface area contributed by atoms with E-state index in [4.69, 9.17) is 10.5 Å². The second-order valence-corrected chi connectivity index (χ2v) is 2.88. The number of carbonyl (C=O) groups excluding carboxylic acids is 1. The van der Waals surface area contributed by atoms with Crippen LogP contribution in [-0.2, 0) is 9.53 Å². The van der Waals surface area contributed by atoms with E-state index in [2.05, 4.69) is 6.58 Å². The molecule has 0 bridgehead atoms. The standard InChI is InChI=1S/C12H13NO2/c1-2-11(13)15-12(14)9-8-10-6-4-3-5-7-10/h2-9,11H,1,13H2/b9-8+. The summed E-state index contributed by atoms with van der Waals surface area (Å²) < 4.78 is 4.76. The minimum absolute atomic E-state index is 0.480. The third kappa shape index (κ3) is 4.24. The molecule has 1 aromatic rings. The predicted octanol–water partition coefficient (Wildman–Crippen LogP) is 1.71. The Balaban J connectivity index is 2.51. The third-order valence-electron chi connectivity index (χ3n) is 1.70. The molecule has 0 heterocycles. The summed E-state index contributed by atoms with van der Waals surface area (Å²) in [6.45, 7) is 3.41. The quantitative estimate of drug-likeness (QED) is 0.351. The smallest absolute Gasteiger partial charge is 0.332 e. The first-order chi connectivity index (χ1) is 7.22. The molecule has 0 aromatic heterocycles. The second kappa shape index (κ2) is 5.78. The van der Waals surface area contributed by atoms with Gasteiger partial charge in [-0.15, -0.1) is 0 Å². The van der Waals surface area contributed by atoms with Gasteiger partial charge in [0.2, 0.25) is 0 Å². The zero-order valence-corrected chi connectivity index (χ0v) is 8.30. The Morgan fingerprint density at radius 1 is 1.40 bits per heavy atom. The van der Waals surface area contributed by atoms with E-state index in [1.807, 2.05) is 30.3 Å². The van der Waals surface area contributed by atoms with Gasteiger partial charge < -0.3 is 4.74 Å². The van der Waals surface area contributed by atoms with E-state index >= 15 is 0 Å². The highest BCUT2D eigenvalue weighted by atomic mass is 16.5. The SMILES string of the molecule is C=CC(N)OC(=O)/C=C/c1ccccc1. The fourth-order valence-corrected chi connectivity index (χ4v) is 0.950. The first kappa shape index (κ1) is 11.2. The molecule has 0 saturated heterocycles. The minimum Gasteiger partial charge on any atom is -0.440 e. The molecular formula is C12H13NO2. The maximum absolute atomic E-state index is 11.1. The summed E-state index contributed by atoms with van der Waals surface area (Å²) in [7, 11) is 0. The fourth-order valence-electron chi connectivity index (χ4n) is 0.950. The molecule has 3 heteroatoms. The zero-order valence-electron chi connectivity index (χ0n) is 8.30. The lowest BCUT2D eigenvalue weighted by Crippen LogP contribution is -2.23. The van der Waals surface area contributed by atoms with Crippen molar-refractivity contribution in [3.63, 3.8) is 0 Å². The molecule has 1 unspecified atom stereocenters. The number of rotatable bonds is 4. The average Bonchev–Trinajstić information content (AvgIpc) is 2.27. The van der Waals surface area contributed by atoms with Crippen LogP contribution >= 0.6 is 0 Å². The van der Waals surface area contributed by atoms with E-state index < -0.39 is 12.2 Å². The van der Waals surface area contributed by atoms with E-state index in [0.717, 1.165) is 5.56 Å². The first-order valence-electron chi connectivity index (χ1n) is 4.54. The third-order valence-corrected chi connectivity index (χ3v) is 1.70. The Hall–Kier alpha value is -1.87. The summed E-state index contributed by atoms with van der Waals surface area (Å²) >= 11 is 0. The van der Waals surface area contributed by atoms with Crippen molar-refractivity contribution in [3.05, 3.63) is 54.6 Å². The summed E-state index contributed by atoms with van der Waals surface area (Å²) in [5, 5.41) is 0. The molecule has 0 fully saturated rings. The van der Waals surface area contributed by atoms with Crippen LogP contribution in [-0.4, -0.2) is 12.2 Å². The monoisotopic (exact) mass is 203 g/mol. The number of esters is 1. The summed E-state index contributed by atoms with van der Waals surface area (Å²) in [5.74, 6) is -0.480. The van der Waals surface area contributed by atoms with Gasteiger partial charge in [-0.2, -0.15) is 0 Å². The molecule has 0 radical (unpaired) electrons. The molecule has 78 valence electrons. The number of benzene rings is 1. The Morgan fingerprint density at radius 3 is 2.67 bits per heavy atom. The highest BCUT2D eigenvalue weighted by Crippen LogP contribution is 2.01. The molecule has 2 N–H and O–H groups in total. The van der Waals surface area contributed by atoms with Gasteiger partial charge >= 0.3 is 5.97 Å². The molecule has 3 nitrogen and oxygen atoms in total. The molecule has 0 spiro atoms. The van der Waals surface area contributed by atoms with Crippen LogP contribution in [0.5, 0.6) is 0 Å². The number of nitrogens with two attached hydrogens (primary N) is 1. The van der Waals surface area contributed by atoms with Gasteiger partial charge in [-0.05, 0) is 17.7 Å². The lowest BCUT2D eigenvalue weighted by atomic mass is 10.2. The van der Waals surface area contributed by atoms with Crippen LogP contribution in [0.3, 0.4) is 0 Å². The van der Waals surface area contributed by atoms with Gasteiger partial charge in [-0.3, -0.25) is 5.73 Å². The van der Waals surface area contributed by atoms with Gasteiger partial charge in [0.15, 0.2) is 6.23 Å². The molecule has 1 aromatic carbocycles. The van der Waals surface area contributed by atoms with Crippen LogP contribution in [0, 0.1) is 0 Å². The van der Waals surface area contributed by atoms with Gasteiger partial charge in [0.25, 0.3) is 0 Å². The van der Waals surface area contributed by atoms with Crippen LogP contribution in [0.25, 0.3) is 6.08 Å². The number of hydrogen-bond acceptors (Lipinski definition) is 3. The molecule has 0 amide bonds. The van der Waals surface area contributed by atoms with Gasteiger partial charge in [-0.25, -0.2) is 4.79 Å². The van der Waals surface area contributed by atoms with Crippen LogP contribution in [0.15, 0.2) is 49.1 Å². The Kier molecular flexibility index (Phi) is 4.31. The first-order valence-corrected chi connectivity index (χ1v) is 4.54. The Morgan fingerprint density at radius 2 is 2.07 bits per heavy atom. The van der Waals surface area contributed by atoms with Crippen LogP contribution < -0.4 is 5.73 Å². The van der Waals surface area contributed by atoms with Gasteiger partial charge in [-0.1, -0.05) is 36.9 Å². The van der Waals surface area contributed by atoms with Crippen LogP contribution in [0.4, 0.5) is 0 Å². The molecule has 0 saturated carbocycles. The predicted molar refractivity (Wildman–Crippen MR) is 59.7 cm³/mol. The van der Waals surface area contributed by atoms with Gasteiger partial charge in [0, 0.05) is 6.08 Å². The number of carbonyl (C=O) groups is 1. The largest absolute Gasteiger partial charge is 0.440 e. The second-order valence-electron chi connectivity index (χ2n) is 2.88. The lowest BCUT2D eigenvalue weighted by molar-refractivity contribution is -0.140. The lowest BCUT2D eigenvalue weighted by Gasteiger charge is -2.04. The van der Waals surface area contributed by atoms with Crippen molar-refractivity contribution in [1.29, 1.82) is 0 Å². The molecule has 0 aliphatic rings. The van der Waals surface area contributed by atoms with Crippen molar-refractivity contribution < 1.29 is 9.53 Å². The number of hydrogen-bond donors (Lipinski definition) is 1.